The molecule has 0 spiro atoms. The number of pyridine rings is 1. The number of likely N-dealkylation sites (tertiary alicyclic amines) is 1. The monoisotopic (exact) mass is 348 g/mol. The molecule has 1 N–H and O–H groups in total. The van der Waals surface area contributed by atoms with E-state index in [0.717, 1.165) is 23.7 Å². The Morgan fingerprint density at radius 1 is 1.29 bits per heavy atom. The van der Waals surface area contributed by atoms with Gasteiger partial charge in [-0.1, -0.05) is 11.6 Å². The summed E-state index contributed by atoms with van der Waals surface area (Å²) in [4.78, 5) is 18.8. The summed E-state index contributed by atoms with van der Waals surface area (Å²) in [7, 11) is 0. The first-order chi connectivity index (χ1) is 11.7. The Labute approximate surface area is 146 Å². The first kappa shape index (κ1) is 17.1. The van der Waals surface area contributed by atoms with Crippen molar-refractivity contribution in [1.29, 1.82) is 0 Å². The summed E-state index contributed by atoms with van der Waals surface area (Å²) in [6, 6.07) is 9.11. The Balaban J connectivity index is 1.62. The molecule has 5 nitrogen and oxygen atoms in total. The Morgan fingerprint density at radius 3 is 2.83 bits per heavy atom. The number of aliphatic hydroxyl groups is 1. The van der Waals surface area contributed by atoms with Gasteiger partial charge in [0, 0.05) is 37.3 Å². The van der Waals surface area contributed by atoms with E-state index in [1.54, 1.807) is 12.1 Å². The molecule has 24 heavy (non-hydrogen) atoms. The van der Waals surface area contributed by atoms with Gasteiger partial charge in [0.05, 0.1) is 11.6 Å². The minimum absolute atomic E-state index is 0.0423. The molecule has 3 rings (SSSR count). The summed E-state index contributed by atoms with van der Waals surface area (Å²) in [5.41, 5.74) is 1.46. The molecule has 1 fully saturated rings. The standard InChI is InChI=1S/C18H21ClN2O3/c19-17-5-3-13-12-14(2-4-16(13)20-17)18(23)21-8-6-15(7-9-21)24-11-1-10-22/h2-5,12,15,22H,1,6-11H2. The molecule has 1 aliphatic heterocycles. The van der Waals surface area contributed by atoms with E-state index in [2.05, 4.69) is 4.98 Å². The molecule has 1 saturated heterocycles. The first-order valence-corrected chi connectivity index (χ1v) is 8.63. The van der Waals surface area contributed by atoms with Crippen LogP contribution in [0, 0.1) is 0 Å². The summed E-state index contributed by atoms with van der Waals surface area (Å²) < 4.78 is 5.71. The van der Waals surface area contributed by atoms with Crippen LogP contribution in [0.25, 0.3) is 10.9 Å². The van der Waals surface area contributed by atoms with E-state index in [4.69, 9.17) is 21.4 Å². The molecular weight excluding hydrogens is 328 g/mol. The van der Waals surface area contributed by atoms with Crippen LogP contribution >= 0.6 is 11.6 Å². The molecule has 1 aromatic heterocycles. The molecule has 0 unspecified atom stereocenters. The van der Waals surface area contributed by atoms with E-state index >= 15 is 0 Å². The number of halogens is 1. The lowest BCUT2D eigenvalue weighted by Gasteiger charge is -2.32. The number of hydrogen-bond donors (Lipinski definition) is 1. The topological polar surface area (TPSA) is 62.7 Å². The zero-order valence-electron chi connectivity index (χ0n) is 13.4. The number of amides is 1. The maximum Gasteiger partial charge on any atom is 0.253 e. The molecule has 0 saturated carbocycles. The van der Waals surface area contributed by atoms with Crippen molar-refractivity contribution in [2.75, 3.05) is 26.3 Å². The maximum atomic E-state index is 12.7. The number of rotatable bonds is 5. The van der Waals surface area contributed by atoms with Gasteiger partial charge >= 0.3 is 0 Å². The fraction of sp³-hybridized carbons (Fsp3) is 0.444. The van der Waals surface area contributed by atoms with Crippen molar-refractivity contribution < 1.29 is 14.6 Å². The third-order valence-electron chi connectivity index (χ3n) is 4.29. The lowest BCUT2D eigenvalue weighted by Crippen LogP contribution is -2.41. The van der Waals surface area contributed by atoms with Crippen molar-refractivity contribution in [3.8, 4) is 0 Å². The van der Waals surface area contributed by atoms with Gasteiger partial charge in [-0.15, -0.1) is 0 Å². The van der Waals surface area contributed by atoms with Crippen LogP contribution in [0.15, 0.2) is 30.3 Å². The largest absolute Gasteiger partial charge is 0.396 e. The molecular formula is C18H21ClN2O3. The third-order valence-corrected chi connectivity index (χ3v) is 4.50. The van der Waals surface area contributed by atoms with Gasteiger partial charge in [-0.25, -0.2) is 4.98 Å². The van der Waals surface area contributed by atoms with E-state index < -0.39 is 0 Å². The third kappa shape index (κ3) is 4.04. The van der Waals surface area contributed by atoms with Gasteiger partial charge in [-0.05, 0) is 49.6 Å². The predicted octanol–water partition coefficient (Wildman–Crippen LogP) is 2.89. The van der Waals surface area contributed by atoms with Gasteiger partial charge in [0.1, 0.15) is 5.15 Å². The van der Waals surface area contributed by atoms with Gasteiger partial charge in [0.15, 0.2) is 0 Å². The highest BCUT2D eigenvalue weighted by molar-refractivity contribution is 6.29. The molecule has 1 amide bonds. The van der Waals surface area contributed by atoms with Crippen LogP contribution in [0.2, 0.25) is 5.15 Å². The van der Waals surface area contributed by atoms with Crippen molar-refractivity contribution in [2.24, 2.45) is 0 Å². The number of nitrogens with zero attached hydrogens (tertiary/aromatic N) is 2. The second kappa shape index (κ2) is 7.92. The van der Waals surface area contributed by atoms with Gasteiger partial charge in [-0.2, -0.15) is 0 Å². The smallest absolute Gasteiger partial charge is 0.253 e. The fourth-order valence-electron chi connectivity index (χ4n) is 2.96. The Morgan fingerprint density at radius 2 is 2.08 bits per heavy atom. The number of aromatic nitrogens is 1. The molecule has 1 aliphatic rings. The number of carbonyl (C=O) groups is 1. The molecule has 2 aromatic rings. The van der Waals surface area contributed by atoms with Crippen LogP contribution in [0.5, 0.6) is 0 Å². The first-order valence-electron chi connectivity index (χ1n) is 8.25. The highest BCUT2D eigenvalue weighted by Crippen LogP contribution is 2.20. The van der Waals surface area contributed by atoms with Crippen LogP contribution in [0.4, 0.5) is 0 Å². The number of ether oxygens (including phenoxy) is 1. The highest BCUT2D eigenvalue weighted by atomic mass is 35.5. The molecule has 1 aromatic carbocycles. The summed E-state index contributed by atoms with van der Waals surface area (Å²) >= 11 is 5.89. The lowest BCUT2D eigenvalue weighted by molar-refractivity contribution is 0.00398. The zero-order valence-corrected chi connectivity index (χ0v) is 14.2. The van der Waals surface area contributed by atoms with Crippen molar-refractivity contribution in [3.63, 3.8) is 0 Å². The molecule has 2 heterocycles. The fourth-order valence-corrected chi connectivity index (χ4v) is 3.11. The summed E-state index contributed by atoms with van der Waals surface area (Å²) in [6.07, 6.45) is 2.52. The van der Waals surface area contributed by atoms with Crippen LogP contribution in [-0.4, -0.2) is 53.3 Å². The molecule has 0 atom stereocenters. The Kier molecular flexibility index (Phi) is 5.66. The molecule has 0 radical (unpaired) electrons. The number of fused-ring (bicyclic) bond motifs is 1. The summed E-state index contributed by atoms with van der Waals surface area (Å²) in [5, 5.41) is 10.1. The number of aliphatic hydroxyl groups excluding tert-OH is 1. The van der Waals surface area contributed by atoms with Crippen molar-refractivity contribution in [3.05, 3.63) is 41.0 Å². The number of benzene rings is 1. The Bertz CT molecular complexity index is 714. The second-order valence-electron chi connectivity index (χ2n) is 5.98. The minimum Gasteiger partial charge on any atom is -0.396 e. The SMILES string of the molecule is O=C(c1ccc2nc(Cl)ccc2c1)N1CCC(OCCCO)CC1. The predicted molar refractivity (Wildman–Crippen MR) is 93.3 cm³/mol. The van der Waals surface area contributed by atoms with E-state index in [0.29, 0.717) is 36.8 Å². The van der Waals surface area contributed by atoms with E-state index in [1.807, 2.05) is 23.1 Å². The molecule has 0 aliphatic carbocycles. The maximum absolute atomic E-state index is 12.7. The van der Waals surface area contributed by atoms with Crippen LogP contribution in [0.1, 0.15) is 29.6 Å². The van der Waals surface area contributed by atoms with Crippen molar-refractivity contribution >= 4 is 28.4 Å². The van der Waals surface area contributed by atoms with Gasteiger partial charge in [0.25, 0.3) is 5.91 Å². The summed E-state index contributed by atoms with van der Waals surface area (Å²) in [6.45, 7) is 2.12. The van der Waals surface area contributed by atoms with Crippen LogP contribution in [0.3, 0.4) is 0 Å². The minimum atomic E-state index is 0.0423. The number of carbonyl (C=O) groups excluding carboxylic acids is 1. The van der Waals surface area contributed by atoms with E-state index in [1.165, 1.54) is 0 Å². The average molecular weight is 349 g/mol. The molecule has 6 heteroatoms. The number of hydrogen-bond acceptors (Lipinski definition) is 4. The Hall–Kier alpha value is -1.69. The molecule has 128 valence electrons. The van der Waals surface area contributed by atoms with Crippen molar-refractivity contribution in [2.45, 2.75) is 25.4 Å². The lowest BCUT2D eigenvalue weighted by atomic mass is 10.1. The molecule has 0 bridgehead atoms. The quantitative estimate of drug-likeness (QED) is 0.666. The van der Waals surface area contributed by atoms with Gasteiger partial charge in [-0.3, -0.25) is 4.79 Å². The van der Waals surface area contributed by atoms with Crippen molar-refractivity contribution in [1.82, 2.24) is 9.88 Å². The van der Waals surface area contributed by atoms with Gasteiger partial charge in [0.2, 0.25) is 0 Å². The zero-order chi connectivity index (χ0) is 16.9. The number of piperidine rings is 1. The van der Waals surface area contributed by atoms with Crippen LogP contribution in [-0.2, 0) is 4.74 Å². The normalized spacial score (nSPS) is 15.8. The second-order valence-corrected chi connectivity index (χ2v) is 6.37. The van der Waals surface area contributed by atoms with E-state index in [9.17, 15) is 4.79 Å². The highest BCUT2D eigenvalue weighted by Gasteiger charge is 2.24. The van der Waals surface area contributed by atoms with Gasteiger partial charge < -0.3 is 14.7 Å². The van der Waals surface area contributed by atoms with E-state index in [-0.39, 0.29) is 18.6 Å². The summed E-state index contributed by atoms with van der Waals surface area (Å²) in [5.74, 6) is 0.0423. The average Bonchev–Trinajstić information content (AvgIpc) is 2.61. The van der Waals surface area contributed by atoms with Crippen LogP contribution < -0.4 is 0 Å².